The van der Waals surface area contributed by atoms with Crippen LogP contribution in [-0.4, -0.2) is 14.3 Å². The third kappa shape index (κ3) is 1.32. The lowest BCUT2D eigenvalue weighted by molar-refractivity contribution is -0.215. The van der Waals surface area contributed by atoms with Gasteiger partial charge in [0.1, 0.15) is 5.82 Å². The largest absolute Gasteiger partial charge is 0.509 e. The zero-order chi connectivity index (χ0) is 10.3. The molecule has 0 unspecified atom stereocenters. The maximum atomic E-state index is 12.2. The van der Waals surface area contributed by atoms with Gasteiger partial charge in [0.2, 0.25) is 0 Å². The lowest BCUT2D eigenvalue weighted by Crippen LogP contribution is -2.33. The molecule has 0 aliphatic carbocycles. The quantitative estimate of drug-likeness (QED) is 0.632. The van der Waals surface area contributed by atoms with E-state index in [4.69, 9.17) is 0 Å². The molecule has 7 heteroatoms. The van der Waals surface area contributed by atoms with Gasteiger partial charge in [-0.3, -0.25) is 4.57 Å². The molecule has 1 aromatic heterocycles. The summed E-state index contributed by atoms with van der Waals surface area (Å²) in [7, 11) is 0. The van der Waals surface area contributed by atoms with Crippen molar-refractivity contribution >= 4 is 0 Å². The van der Waals surface area contributed by atoms with Crippen LogP contribution in [0.3, 0.4) is 0 Å². The fourth-order valence-corrected chi connectivity index (χ4v) is 1.56. The number of aromatic nitrogens is 3. The van der Waals surface area contributed by atoms with Gasteiger partial charge in [-0.05, 0) is 12.8 Å². The first-order valence-electron chi connectivity index (χ1n) is 4.26. The molecule has 78 valence electrons. The summed E-state index contributed by atoms with van der Waals surface area (Å²) in [6, 6.07) is 0. The van der Waals surface area contributed by atoms with Crippen LogP contribution < -0.4 is 5.69 Å². The second-order valence-electron chi connectivity index (χ2n) is 3.19. The lowest BCUT2D eigenvalue weighted by Gasteiger charge is -2.09. The van der Waals surface area contributed by atoms with Crippen molar-refractivity contribution in [2.24, 2.45) is 0 Å². The van der Waals surface area contributed by atoms with Crippen molar-refractivity contribution in [2.45, 2.75) is 32.1 Å². The van der Waals surface area contributed by atoms with Crippen molar-refractivity contribution in [1.82, 2.24) is 14.3 Å². The molecule has 0 aromatic carbocycles. The molecule has 0 amide bonds. The number of hydrogen-bond acceptors (Lipinski definition) is 2. The summed E-state index contributed by atoms with van der Waals surface area (Å²) in [5.41, 5.74) is -1.08. The van der Waals surface area contributed by atoms with Gasteiger partial charge in [-0.1, -0.05) is 0 Å². The van der Waals surface area contributed by atoms with E-state index in [1.54, 1.807) is 0 Å². The third-order valence-corrected chi connectivity index (χ3v) is 2.21. The summed E-state index contributed by atoms with van der Waals surface area (Å²) in [4.78, 5) is 11.2. The molecule has 4 nitrogen and oxygen atoms in total. The molecule has 0 radical (unpaired) electrons. The molecule has 0 saturated heterocycles. The minimum absolute atomic E-state index is 0.235. The Balaban J connectivity index is 2.55. The van der Waals surface area contributed by atoms with E-state index in [-0.39, 0.29) is 5.82 Å². The van der Waals surface area contributed by atoms with Gasteiger partial charge < -0.3 is 0 Å². The summed E-state index contributed by atoms with van der Waals surface area (Å²) >= 11 is 0. The summed E-state index contributed by atoms with van der Waals surface area (Å²) < 4.78 is 37.4. The second-order valence-corrected chi connectivity index (χ2v) is 3.19. The SMILES string of the molecule is O=c1n(C(F)(F)F)nc2n1CCCC2. The smallest absolute Gasteiger partial charge is 0.279 e. The van der Waals surface area contributed by atoms with Crippen LogP contribution in [0.2, 0.25) is 0 Å². The average molecular weight is 207 g/mol. The second kappa shape index (κ2) is 2.86. The number of halogens is 3. The summed E-state index contributed by atoms with van der Waals surface area (Å²) in [6.07, 6.45) is -2.75. The van der Waals surface area contributed by atoms with Crippen LogP contribution in [0.15, 0.2) is 4.79 Å². The molecule has 0 spiro atoms. The van der Waals surface area contributed by atoms with E-state index in [0.717, 1.165) is 17.4 Å². The summed E-state index contributed by atoms with van der Waals surface area (Å²) in [5.74, 6) is 0.235. The van der Waals surface area contributed by atoms with Gasteiger partial charge in [-0.25, -0.2) is 4.79 Å². The summed E-state index contributed by atoms with van der Waals surface area (Å²) in [6.45, 7) is 0.338. The number of nitrogens with zero attached hydrogens (tertiary/aromatic N) is 3. The molecule has 0 saturated carbocycles. The number of hydrogen-bond donors (Lipinski definition) is 0. The molecule has 1 aliphatic heterocycles. The molecule has 0 N–H and O–H groups in total. The predicted octanol–water partition coefficient (Wildman–Crippen LogP) is 0.857. The van der Waals surface area contributed by atoms with Crippen LogP contribution in [0, 0.1) is 0 Å². The van der Waals surface area contributed by atoms with E-state index in [2.05, 4.69) is 5.10 Å². The third-order valence-electron chi connectivity index (χ3n) is 2.21. The van der Waals surface area contributed by atoms with Gasteiger partial charge in [-0.15, -0.1) is 23.0 Å². The van der Waals surface area contributed by atoms with Crippen molar-refractivity contribution in [3.8, 4) is 0 Å². The van der Waals surface area contributed by atoms with E-state index >= 15 is 0 Å². The number of rotatable bonds is 0. The highest BCUT2D eigenvalue weighted by Gasteiger charge is 2.36. The minimum atomic E-state index is -4.71. The van der Waals surface area contributed by atoms with E-state index in [1.165, 1.54) is 0 Å². The van der Waals surface area contributed by atoms with Crippen molar-refractivity contribution in [1.29, 1.82) is 0 Å². The fourth-order valence-electron chi connectivity index (χ4n) is 1.56. The normalized spacial score (nSPS) is 16.8. The highest BCUT2D eigenvalue weighted by Crippen LogP contribution is 2.20. The number of fused-ring (bicyclic) bond motifs is 1. The van der Waals surface area contributed by atoms with E-state index in [9.17, 15) is 18.0 Å². The van der Waals surface area contributed by atoms with Gasteiger partial charge in [-0.2, -0.15) is 0 Å². The Labute approximate surface area is 76.9 Å². The molecular weight excluding hydrogens is 199 g/mol. The van der Waals surface area contributed by atoms with Gasteiger partial charge in [0.15, 0.2) is 0 Å². The number of aryl methyl sites for hydroxylation is 1. The van der Waals surface area contributed by atoms with Crippen molar-refractivity contribution in [3.05, 3.63) is 16.3 Å². The van der Waals surface area contributed by atoms with E-state index in [1.807, 2.05) is 0 Å². The Morgan fingerprint density at radius 1 is 1.29 bits per heavy atom. The van der Waals surface area contributed by atoms with Crippen LogP contribution >= 0.6 is 0 Å². The number of alkyl halides is 3. The predicted molar refractivity (Wildman–Crippen MR) is 40.7 cm³/mol. The van der Waals surface area contributed by atoms with Crippen LogP contribution in [-0.2, 0) is 19.3 Å². The first-order chi connectivity index (χ1) is 6.50. The molecule has 1 aliphatic rings. The molecular formula is C7H8F3N3O. The molecule has 1 aromatic rings. The monoisotopic (exact) mass is 207 g/mol. The van der Waals surface area contributed by atoms with Gasteiger partial charge in [0.05, 0.1) is 0 Å². The van der Waals surface area contributed by atoms with Crippen LogP contribution in [0.5, 0.6) is 0 Å². The highest BCUT2D eigenvalue weighted by atomic mass is 19.4. The van der Waals surface area contributed by atoms with Crippen LogP contribution in [0.4, 0.5) is 13.2 Å². The Hall–Kier alpha value is -1.27. The molecule has 0 bridgehead atoms. The Morgan fingerprint density at radius 3 is 2.57 bits per heavy atom. The van der Waals surface area contributed by atoms with E-state index < -0.39 is 16.7 Å². The first-order valence-corrected chi connectivity index (χ1v) is 4.26. The van der Waals surface area contributed by atoms with Crippen LogP contribution in [0.25, 0.3) is 0 Å². The molecule has 14 heavy (non-hydrogen) atoms. The first kappa shape index (κ1) is 9.29. The van der Waals surface area contributed by atoms with Crippen molar-refractivity contribution < 1.29 is 13.2 Å². The molecule has 0 atom stereocenters. The van der Waals surface area contributed by atoms with Gasteiger partial charge in [0, 0.05) is 13.0 Å². The summed E-state index contributed by atoms with van der Waals surface area (Å²) in [5, 5.41) is 3.26. The zero-order valence-corrected chi connectivity index (χ0v) is 7.21. The highest BCUT2D eigenvalue weighted by molar-refractivity contribution is 4.91. The Morgan fingerprint density at radius 2 is 2.00 bits per heavy atom. The maximum absolute atomic E-state index is 12.2. The molecule has 2 rings (SSSR count). The van der Waals surface area contributed by atoms with Gasteiger partial charge >= 0.3 is 12.0 Å². The molecule has 0 fully saturated rings. The Bertz CT molecular complexity index is 403. The molecule has 2 heterocycles. The average Bonchev–Trinajstić information content (AvgIpc) is 2.44. The van der Waals surface area contributed by atoms with Crippen molar-refractivity contribution in [3.63, 3.8) is 0 Å². The fraction of sp³-hybridized carbons (Fsp3) is 0.714. The lowest BCUT2D eigenvalue weighted by atomic mass is 10.2. The van der Waals surface area contributed by atoms with Crippen LogP contribution in [0.1, 0.15) is 18.7 Å². The standard InChI is InChI=1S/C7H8F3N3O/c8-7(9,10)13-6(14)12-4-2-1-3-5(12)11-13/h1-4H2. The zero-order valence-electron chi connectivity index (χ0n) is 7.21. The Kier molecular flexibility index (Phi) is 1.90. The topological polar surface area (TPSA) is 39.8 Å². The van der Waals surface area contributed by atoms with E-state index in [0.29, 0.717) is 13.0 Å². The van der Waals surface area contributed by atoms with Gasteiger partial charge in [0.25, 0.3) is 0 Å². The van der Waals surface area contributed by atoms with Crippen molar-refractivity contribution in [2.75, 3.05) is 0 Å². The maximum Gasteiger partial charge on any atom is 0.509 e. The minimum Gasteiger partial charge on any atom is -0.279 e.